The summed E-state index contributed by atoms with van der Waals surface area (Å²) >= 11 is 0. The Morgan fingerprint density at radius 1 is 1.03 bits per heavy atom. The van der Waals surface area contributed by atoms with E-state index < -0.39 is 12.0 Å². The maximum absolute atomic E-state index is 12.7. The van der Waals surface area contributed by atoms with Crippen molar-refractivity contribution in [2.24, 2.45) is 0 Å². The fourth-order valence-corrected chi connectivity index (χ4v) is 3.29. The summed E-state index contributed by atoms with van der Waals surface area (Å²) in [5.41, 5.74) is 3.89. The van der Waals surface area contributed by atoms with E-state index in [1.807, 2.05) is 19.1 Å². The van der Waals surface area contributed by atoms with Gasteiger partial charge in [0.2, 0.25) is 0 Å². The minimum absolute atomic E-state index is 0.211. The third kappa shape index (κ3) is 4.94. The summed E-state index contributed by atoms with van der Waals surface area (Å²) in [7, 11) is 1.60. The van der Waals surface area contributed by atoms with E-state index in [9.17, 15) is 14.4 Å². The van der Waals surface area contributed by atoms with Crippen molar-refractivity contribution in [3.05, 3.63) is 76.5 Å². The van der Waals surface area contributed by atoms with Gasteiger partial charge in [0.1, 0.15) is 0 Å². The van der Waals surface area contributed by atoms with Gasteiger partial charge >= 0.3 is 12.0 Å². The molecule has 2 aromatic rings. The molecular formula is C24H27N3O4. The number of rotatable bonds is 5. The molecule has 0 radical (unpaired) electrons. The molecule has 0 saturated heterocycles. The second kappa shape index (κ2) is 9.04. The highest BCUT2D eigenvalue weighted by molar-refractivity contribution is 6.04. The van der Waals surface area contributed by atoms with Gasteiger partial charge in [-0.25, -0.2) is 9.59 Å². The molecule has 2 aromatic carbocycles. The topological polar surface area (TPSA) is 87.7 Å². The van der Waals surface area contributed by atoms with Crippen LogP contribution in [-0.4, -0.2) is 36.0 Å². The zero-order valence-corrected chi connectivity index (χ0v) is 18.4. The summed E-state index contributed by atoms with van der Waals surface area (Å²) in [5, 5.41) is 5.70. The van der Waals surface area contributed by atoms with Crippen molar-refractivity contribution in [3.63, 3.8) is 0 Å². The molecule has 0 bridgehead atoms. The van der Waals surface area contributed by atoms with Gasteiger partial charge in [-0.1, -0.05) is 29.8 Å². The van der Waals surface area contributed by atoms with E-state index in [4.69, 9.17) is 4.74 Å². The summed E-state index contributed by atoms with van der Waals surface area (Å²) in [6, 6.07) is 13.4. The minimum Gasteiger partial charge on any atom is -0.459 e. The van der Waals surface area contributed by atoms with Crippen LogP contribution in [0.4, 0.5) is 10.5 Å². The molecule has 1 atom stereocenters. The number of carbonyl (C=O) groups excluding carboxylic acids is 3. The molecule has 3 rings (SSSR count). The molecule has 7 nitrogen and oxygen atoms in total. The Kier molecular flexibility index (Phi) is 6.44. The first-order valence-corrected chi connectivity index (χ1v) is 10.1. The second-order valence-corrected chi connectivity index (χ2v) is 7.84. The molecule has 7 heteroatoms. The van der Waals surface area contributed by atoms with E-state index in [1.165, 1.54) is 4.90 Å². The Hall–Kier alpha value is -3.61. The van der Waals surface area contributed by atoms with Crippen molar-refractivity contribution in [2.75, 3.05) is 12.4 Å². The molecule has 0 saturated carbocycles. The lowest BCUT2D eigenvalue weighted by atomic mass is 9.95. The lowest BCUT2D eigenvalue weighted by molar-refractivity contribution is -0.143. The number of benzene rings is 2. The number of urea groups is 1. The van der Waals surface area contributed by atoms with Crippen LogP contribution in [0.2, 0.25) is 0 Å². The molecule has 0 aromatic heterocycles. The standard InChI is InChI=1S/C24H27N3O4/c1-14(2)31-23(29)20-16(4)27(5)24(30)26-21(20)17-10-12-19(13-11-17)25-22(28)18-8-6-15(3)7-9-18/h6-14,21H,1-5H3,(H,25,28)(H,26,30)/t21-/m0/s1. The van der Waals surface area contributed by atoms with Gasteiger partial charge in [0.05, 0.1) is 17.7 Å². The number of hydrogen-bond donors (Lipinski definition) is 2. The van der Waals surface area contributed by atoms with Crippen LogP contribution in [0.1, 0.15) is 48.3 Å². The number of allylic oxidation sites excluding steroid dienone is 1. The van der Waals surface area contributed by atoms with Gasteiger partial charge in [-0.15, -0.1) is 0 Å². The number of aryl methyl sites for hydroxylation is 1. The molecular weight excluding hydrogens is 394 g/mol. The number of amides is 3. The monoisotopic (exact) mass is 421 g/mol. The van der Waals surface area contributed by atoms with Gasteiger partial charge in [-0.3, -0.25) is 4.79 Å². The largest absolute Gasteiger partial charge is 0.459 e. The van der Waals surface area contributed by atoms with Gasteiger partial charge < -0.3 is 20.3 Å². The SMILES string of the molecule is CC1=C(C(=O)OC(C)C)[C@H](c2ccc(NC(=O)c3ccc(C)cc3)cc2)NC(=O)N1C. The molecule has 2 N–H and O–H groups in total. The van der Waals surface area contributed by atoms with Crippen molar-refractivity contribution in [1.29, 1.82) is 0 Å². The first kappa shape index (κ1) is 22.1. The highest BCUT2D eigenvalue weighted by Gasteiger charge is 2.35. The number of hydrogen-bond acceptors (Lipinski definition) is 4. The summed E-state index contributed by atoms with van der Waals surface area (Å²) in [6.45, 7) is 7.24. The number of ether oxygens (including phenoxy) is 1. The Morgan fingerprint density at radius 3 is 2.23 bits per heavy atom. The summed E-state index contributed by atoms with van der Waals surface area (Å²) in [5.74, 6) is -0.682. The van der Waals surface area contributed by atoms with Gasteiger partial charge in [-0.05, 0) is 57.5 Å². The smallest absolute Gasteiger partial charge is 0.338 e. The Bertz CT molecular complexity index is 1020. The van der Waals surface area contributed by atoms with Crippen molar-refractivity contribution in [2.45, 2.75) is 39.8 Å². The zero-order valence-electron chi connectivity index (χ0n) is 18.4. The zero-order chi connectivity index (χ0) is 22.7. The van der Waals surface area contributed by atoms with E-state index in [0.717, 1.165) is 5.56 Å². The molecule has 1 aliphatic heterocycles. The lowest BCUT2D eigenvalue weighted by Crippen LogP contribution is -2.46. The fourth-order valence-electron chi connectivity index (χ4n) is 3.29. The lowest BCUT2D eigenvalue weighted by Gasteiger charge is -2.33. The van der Waals surface area contributed by atoms with E-state index in [1.54, 1.807) is 64.2 Å². The normalized spacial score (nSPS) is 16.3. The van der Waals surface area contributed by atoms with Crippen molar-refractivity contribution in [3.8, 4) is 0 Å². The molecule has 1 heterocycles. The van der Waals surface area contributed by atoms with Crippen LogP contribution < -0.4 is 10.6 Å². The summed E-state index contributed by atoms with van der Waals surface area (Å²) in [6.07, 6.45) is -0.282. The maximum Gasteiger partial charge on any atom is 0.338 e. The van der Waals surface area contributed by atoms with E-state index in [0.29, 0.717) is 28.1 Å². The first-order chi connectivity index (χ1) is 14.7. The average Bonchev–Trinajstić information content (AvgIpc) is 2.72. The molecule has 31 heavy (non-hydrogen) atoms. The molecule has 162 valence electrons. The molecule has 0 fully saturated rings. The summed E-state index contributed by atoms with van der Waals surface area (Å²) < 4.78 is 5.40. The Labute approximate surface area is 182 Å². The second-order valence-electron chi connectivity index (χ2n) is 7.84. The van der Waals surface area contributed by atoms with Crippen LogP contribution in [-0.2, 0) is 9.53 Å². The van der Waals surface area contributed by atoms with Crippen LogP contribution in [0.3, 0.4) is 0 Å². The van der Waals surface area contributed by atoms with Crippen molar-refractivity contribution < 1.29 is 19.1 Å². The van der Waals surface area contributed by atoms with Crippen LogP contribution >= 0.6 is 0 Å². The Morgan fingerprint density at radius 2 is 1.65 bits per heavy atom. The van der Waals surface area contributed by atoms with Crippen molar-refractivity contribution in [1.82, 2.24) is 10.2 Å². The van der Waals surface area contributed by atoms with Crippen LogP contribution in [0.5, 0.6) is 0 Å². The number of nitrogens with zero attached hydrogens (tertiary/aromatic N) is 1. The average molecular weight is 421 g/mol. The highest BCUT2D eigenvalue weighted by atomic mass is 16.5. The van der Waals surface area contributed by atoms with Crippen LogP contribution in [0, 0.1) is 6.92 Å². The number of carbonyl (C=O) groups is 3. The number of esters is 1. The van der Waals surface area contributed by atoms with Gasteiger partial charge in [0.15, 0.2) is 0 Å². The van der Waals surface area contributed by atoms with E-state index in [-0.39, 0.29) is 18.0 Å². The number of anilines is 1. The fraction of sp³-hybridized carbons (Fsp3) is 0.292. The van der Waals surface area contributed by atoms with E-state index in [2.05, 4.69) is 10.6 Å². The van der Waals surface area contributed by atoms with Gasteiger partial charge in [-0.2, -0.15) is 0 Å². The quantitative estimate of drug-likeness (QED) is 0.710. The van der Waals surface area contributed by atoms with Crippen LogP contribution in [0.25, 0.3) is 0 Å². The van der Waals surface area contributed by atoms with Crippen molar-refractivity contribution >= 4 is 23.6 Å². The minimum atomic E-state index is -0.642. The molecule has 0 unspecified atom stereocenters. The third-order valence-electron chi connectivity index (χ3n) is 5.13. The first-order valence-electron chi connectivity index (χ1n) is 10.1. The van der Waals surface area contributed by atoms with Crippen LogP contribution in [0.15, 0.2) is 59.8 Å². The summed E-state index contributed by atoms with van der Waals surface area (Å²) in [4.78, 5) is 38.9. The molecule has 3 amide bonds. The molecule has 0 spiro atoms. The van der Waals surface area contributed by atoms with E-state index >= 15 is 0 Å². The predicted molar refractivity (Wildman–Crippen MR) is 119 cm³/mol. The van der Waals surface area contributed by atoms with Gasteiger partial charge in [0.25, 0.3) is 5.91 Å². The molecule has 0 aliphatic carbocycles. The third-order valence-corrected chi connectivity index (χ3v) is 5.13. The van der Waals surface area contributed by atoms with Gasteiger partial charge in [0, 0.05) is 24.0 Å². The maximum atomic E-state index is 12.7. The number of nitrogens with one attached hydrogen (secondary N) is 2. The predicted octanol–water partition coefficient (Wildman–Crippen LogP) is 4.17. The Balaban J connectivity index is 1.84. The highest BCUT2D eigenvalue weighted by Crippen LogP contribution is 2.31. The molecule has 1 aliphatic rings.